The first-order chi connectivity index (χ1) is 13.9. The van der Waals surface area contributed by atoms with Crippen molar-refractivity contribution in [2.75, 3.05) is 5.75 Å². The molecule has 0 unspecified atom stereocenters. The number of nitrogens with two attached hydrogens (primary N) is 1. The number of hydrogen-bond donors (Lipinski definition) is 1. The van der Waals surface area contributed by atoms with E-state index in [2.05, 4.69) is 19.9 Å². The average molecular weight is 428 g/mol. The molecule has 0 spiro atoms. The molecule has 29 heavy (non-hydrogen) atoms. The second kappa shape index (κ2) is 8.00. The van der Waals surface area contributed by atoms with Crippen molar-refractivity contribution in [3.63, 3.8) is 0 Å². The summed E-state index contributed by atoms with van der Waals surface area (Å²) in [5.41, 5.74) is 7.17. The van der Waals surface area contributed by atoms with E-state index in [9.17, 15) is 9.18 Å². The number of thiazole rings is 1. The van der Waals surface area contributed by atoms with Crippen LogP contribution in [0, 0.1) is 5.82 Å². The number of nitrogens with zero attached hydrogens (tertiary/aromatic N) is 4. The minimum atomic E-state index is -0.729. The van der Waals surface area contributed by atoms with Crippen LogP contribution in [0.15, 0.2) is 47.2 Å². The lowest BCUT2D eigenvalue weighted by Crippen LogP contribution is -2.29. The monoisotopic (exact) mass is 427 g/mol. The number of thioether (sulfide) groups is 1. The van der Waals surface area contributed by atoms with E-state index in [1.165, 1.54) is 35.4 Å². The molecule has 9 heteroatoms. The van der Waals surface area contributed by atoms with Crippen LogP contribution in [0.5, 0.6) is 0 Å². The quantitative estimate of drug-likeness (QED) is 0.622. The molecule has 3 aromatic rings. The lowest BCUT2D eigenvalue weighted by molar-refractivity contribution is 0.0987. The van der Waals surface area contributed by atoms with Crippen LogP contribution >= 0.6 is 23.1 Å². The Hall–Kier alpha value is -2.65. The molecule has 2 N–H and O–H groups in total. The second-order valence-electron chi connectivity index (χ2n) is 6.86. The highest BCUT2D eigenvalue weighted by Gasteiger charge is 2.32. The summed E-state index contributed by atoms with van der Waals surface area (Å²) in [4.78, 5) is 29.8. The summed E-state index contributed by atoms with van der Waals surface area (Å²) in [5, 5.41) is 3.05. The standard InChI is InChI=1S/C20H18FN5OS2/c1-20(4-6-29-19(22)26-20)13-8-12(2-3-14(13)21)9-17(27)15-10-25-16(11-24-15)18-23-5-7-28-18/h2-3,5,7-8,10-11H,4,6,9H2,1H3,(H2,22,26)/t20-/m0/s1. The Labute approximate surface area is 175 Å². The first kappa shape index (κ1) is 19.7. The largest absolute Gasteiger partial charge is 0.379 e. The predicted octanol–water partition coefficient (Wildman–Crippen LogP) is 3.83. The van der Waals surface area contributed by atoms with Crippen LogP contribution < -0.4 is 5.73 Å². The number of Topliss-reactive ketones (excluding diaryl/α,β-unsaturated/α-hetero) is 1. The van der Waals surface area contributed by atoms with Gasteiger partial charge in [0.25, 0.3) is 0 Å². The Kier molecular flexibility index (Phi) is 5.42. The van der Waals surface area contributed by atoms with E-state index in [1.54, 1.807) is 24.5 Å². The molecule has 0 radical (unpaired) electrons. The van der Waals surface area contributed by atoms with Gasteiger partial charge in [-0.15, -0.1) is 11.3 Å². The van der Waals surface area contributed by atoms with Crippen LogP contribution in [0.3, 0.4) is 0 Å². The summed E-state index contributed by atoms with van der Waals surface area (Å²) >= 11 is 2.92. The maximum atomic E-state index is 14.5. The SMILES string of the molecule is C[C@@]1(c2cc(CC(=O)c3cnc(-c4nccs4)cn3)ccc2F)CCSC(N)=N1. The summed E-state index contributed by atoms with van der Waals surface area (Å²) < 4.78 is 14.5. The molecule has 0 aliphatic carbocycles. The fourth-order valence-electron chi connectivity index (χ4n) is 3.18. The Balaban J connectivity index is 1.55. The molecule has 0 bridgehead atoms. The molecule has 0 amide bonds. The van der Waals surface area contributed by atoms with Gasteiger partial charge in [-0.2, -0.15) is 0 Å². The topological polar surface area (TPSA) is 94.1 Å². The van der Waals surface area contributed by atoms with Crippen LogP contribution in [0.2, 0.25) is 0 Å². The molecule has 1 atom stereocenters. The van der Waals surface area contributed by atoms with Gasteiger partial charge < -0.3 is 5.73 Å². The number of aromatic nitrogens is 3. The van der Waals surface area contributed by atoms with Gasteiger partial charge in [0.15, 0.2) is 11.0 Å². The molecular weight excluding hydrogens is 409 g/mol. The molecule has 2 aromatic heterocycles. The number of rotatable bonds is 5. The zero-order valence-electron chi connectivity index (χ0n) is 15.6. The van der Waals surface area contributed by atoms with Gasteiger partial charge in [0.05, 0.1) is 17.9 Å². The van der Waals surface area contributed by atoms with E-state index >= 15 is 0 Å². The van der Waals surface area contributed by atoms with E-state index < -0.39 is 5.54 Å². The van der Waals surface area contributed by atoms with Crippen LogP contribution in [0.25, 0.3) is 10.7 Å². The lowest BCUT2D eigenvalue weighted by atomic mass is 9.87. The van der Waals surface area contributed by atoms with E-state index in [-0.39, 0.29) is 23.7 Å². The van der Waals surface area contributed by atoms with E-state index in [4.69, 9.17) is 5.73 Å². The van der Waals surface area contributed by atoms with Crippen molar-refractivity contribution in [2.24, 2.45) is 10.7 Å². The Bertz CT molecular complexity index is 1070. The van der Waals surface area contributed by atoms with Gasteiger partial charge >= 0.3 is 0 Å². The fourth-order valence-corrected chi connectivity index (χ4v) is 4.76. The Morgan fingerprint density at radius 3 is 2.83 bits per heavy atom. The third kappa shape index (κ3) is 4.20. The Morgan fingerprint density at radius 1 is 1.28 bits per heavy atom. The number of halogens is 1. The highest BCUT2D eigenvalue weighted by Crippen LogP contribution is 2.36. The number of carbonyl (C=O) groups is 1. The average Bonchev–Trinajstić information content (AvgIpc) is 3.24. The van der Waals surface area contributed by atoms with Gasteiger partial charge in [-0.3, -0.25) is 9.79 Å². The summed E-state index contributed by atoms with van der Waals surface area (Å²) in [5.74, 6) is 0.239. The highest BCUT2D eigenvalue weighted by atomic mass is 32.2. The Morgan fingerprint density at radius 2 is 2.14 bits per heavy atom. The molecule has 1 aromatic carbocycles. The molecule has 0 saturated carbocycles. The van der Waals surface area contributed by atoms with Crippen LogP contribution in [-0.4, -0.2) is 31.7 Å². The summed E-state index contributed by atoms with van der Waals surface area (Å²) in [7, 11) is 0. The van der Waals surface area contributed by atoms with E-state index in [0.29, 0.717) is 28.4 Å². The van der Waals surface area contributed by atoms with Crippen LogP contribution in [0.1, 0.15) is 35.0 Å². The summed E-state index contributed by atoms with van der Waals surface area (Å²) in [6.45, 7) is 1.87. The van der Waals surface area contributed by atoms with Crippen LogP contribution in [-0.2, 0) is 12.0 Å². The summed E-state index contributed by atoms with van der Waals surface area (Å²) in [6, 6.07) is 4.70. The minimum Gasteiger partial charge on any atom is -0.379 e. The maximum absolute atomic E-state index is 14.5. The van der Waals surface area contributed by atoms with E-state index in [1.807, 2.05) is 12.3 Å². The lowest BCUT2D eigenvalue weighted by Gasteiger charge is -2.30. The van der Waals surface area contributed by atoms with Crippen molar-refractivity contribution in [3.8, 4) is 10.7 Å². The van der Waals surface area contributed by atoms with E-state index in [0.717, 1.165) is 10.8 Å². The smallest absolute Gasteiger partial charge is 0.187 e. The molecular formula is C20H18FN5OS2. The van der Waals surface area contributed by atoms with Gasteiger partial charge in [-0.25, -0.2) is 19.3 Å². The van der Waals surface area contributed by atoms with Crippen molar-refractivity contribution in [1.82, 2.24) is 15.0 Å². The van der Waals surface area contributed by atoms with Gasteiger partial charge in [0, 0.05) is 29.3 Å². The fraction of sp³-hybridized carbons (Fsp3) is 0.250. The van der Waals surface area contributed by atoms with Crippen molar-refractivity contribution in [2.45, 2.75) is 25.3 Å². The van der Waals surface area contributed by atoms with Crippen molar-refractivity contribution < 1.29 is 9.18 Å². The third-order valence-electron chi connectivity index (χ3n) is 4.76. The van der Waals surface area contributed by atoms with Gasteiger partial charge in [-0.05, 0) is 31.0 Å². The number of hydrogen-bond acceptors (Lipinski definition) is 8. The molecule has 0 saturated heterocycles. The zero-order valence-corrected chi connectivity index (χ0v) is 17.3. The second-order valence-corrected chi connectivity index (χ2v) is 8.87. The predicted molar refractivity (Wildman–Crippen MR) is 114 cm³/mol. The third-order valence-corrected chi connectivity index (χ3v) is 6.35. The van der Waals surface area contributed by atoms with Crippen molar-refractivity contribution in [3.05, 3.63) is 64.8 Å². The first-order valence-corrected chi connectivity index (χ1v) is 10.8. The van der Waals surface area contributed by atoms with Crippen LogP contribution in [0.4, 0.5) is 4.39 Å². The molecule has 3 heterocycles. The number of amidine groups is 1. The van der Waals surface area contributed by atoms with Gasteiger partial charge in [0.1, 0.15) is 22.2 Å². The minimum absolute atomic E-state index is 0.0998. The molecule has 1 aliphatic heterocycles. The highest BCUT2D eigenvalue weighted by molar-refractivity contribution is 8.13. The maximum Gasteiger partial charge on any atom is 0.187 e. The number of carbonyl (C=O) groups excluding carboxylic acids is 1. The molecule has 1 aliphatic rings. The molecule has 4 rings (SSSR count). The van der Waals surface area contributed by atoms with Gasteiger partial charge in [0.2, 0.25) is 0 Å². The number of benzene rings is 1. The molecule has 6 nitrogen and oxygen atoms in total. The summed E-state index contributed by atoms with van der Waals surface area (Å²) in [6.07, 6.45) is 5.46. The number of aliphatic imine (C=N–C) groups is 1. The molecule has 148 valence electrons. The zero-order chi connectivity index (χ0) is 20.4. The van der Waals surface area contributed by atoms with Crippen molar-refractivity contribution in [1.29, 1.82) is 0 Å². The number of ketones is 1. The normalized spacial score (nSPS) is 19.0. The first-order valence-electron chi connectivity index (χ1n) is 8.97. The van der Waals surface area contributed by atoms with Gasteiger partial charge in [-0.1, -0.05) is 17.8 Å². The molecule has 0 fully saturated rings. The van der Waals surface area contributed by atoms with Crippen molar-refractivity contribution >= 4 is 34.0 Å².